The van der Waals surface area contributed by atoms with Gasteiger partial charge in [0, 0.05) is 5.69 Å². The second-order valence-electron chi connectivity index (χ2n) is 4.68. The number of nitrogens with two attached hydrogens (primary N) is 1. The second kappa shape index (κ2) is 6.94. The SMILES string of the molecule is CC(C)CCCOC(=O)Cc1cccc(N)c1. The van der Waals surface area contributed by atoms with Crippen LogP contribution in [0.5, 0.6) is 0 Å². The van der Waals surface area contributed by atoms with Crippen LogP contribution in [0.25, 0.3) is 0 Å². The van der Waals surface area contributed by atoms with Crippen LogP contribution in [0.1, 0.15) is 32.3 Å². The maximum Gasteiger partial charge on any atom is 0.310 e. The Bertz CT molecular complexity index is 361. The summed E-state index contributed by atoms with van der Waals surface area (Å²) in [5, 5.41) is 0. The van der Waals surface area contributed by atoms with E-state index < -0.39 is 0 Å². The first-order valence-electron chi connectivity index (χ1n) is 6.08. The molecule has 3 nitrogen and oxygen atoms in total. The number of anilines is 1. The number of hydrogen-bond donors (Lipinski definition) is 1. The van der Waals surface area contributed by atoms with Gasteiger partial charge in [-0.1, -0.05) is 26.0 Å². The Morgan fingerprint density at radius 1 is 1.41 bits per heavy atom. The van der Waals surface area contributed by atoms with Crippen LogP contribution < -0.4 is 5.73 Å². The van der Waals surface area contributed by atoms with Gasteiger partial charge in [-0.25, -0.2) is 0 Å². The number of carbonyl (C=O) groups excluding carboxylic acids is 1. The lowest BCUT2D eigenvalue weighted by Gasteiger charge is -2.06. The number of rotatable bonds is 6. The molecule has 0 bridgehead atoms. The van der Waals surface area contributed by atoms with Gasteiger partial charge in [-0.15, -0.1) is 0 Å². The van der Waals surface area contributed by atoms with Crippen LogP contribution in [0, 0.1) is 5.92 Å². The van der Waals surface area contributed by atoms with Gasteiger partial charge in [0.2, 0.25) is 0 Å². The fourth-order valence-electron chi connectivity index (χ4n) is 1.60. The van der Waals surface area contributed by atoms with Gasteiger partial charge in [0.05, 0.1) is 13.0 Å². The zero-order valence-electron chi connectivity index (χ0n) is 10.6. The lowest BCUT2D eigenvalue weighted by molar-refractivity contribution is -0.143. The van der Waals surface area contributed by atoms with E-state index in [1.807, 2.05) is 12.1 Å². The number of ether oxygens (including phenoxy) is 1. The van der Waals surface area contributed by atoms with Crippen molar-refractivity contribution in [1.82, 2.24) is 0 Å². The highest BCUT2D eigenvalue weighted by Crippen LogP contribution is 2.08. The molecule has 1 aromatic rings. The Balaban J connectivity index is 2.25. The molecular weight excluding hydrogens is 214 g/mol. The van der Waals surface area contributed by atoms with Crippen molar-refractivity contribution in [2.24, 2.45) is 5.92 Å². The fraction of sp³-hybridized carbons (Fsp3) is 0.500. The van der Waals surface area contributed by atoms with E-state index in [4.69, 9.17) is 10.5 Å². The highest BCUT2D eigenvalue weighted by atomic mass is 16.5. The van der Waals surface area contributed by atoms with Gasteiger partial charge in [0.1, 0.15) is 0 Å². The van der Waals surface area contributed by atoms with Crippen LogP contribution in [0.3, 0.4) is 0 Å². The van der Waals surface area contributed by atoms with Gasteiger partial charge in [-0.3, -0.25) is 4.79 Å². The Morgan fingerprint density at radius 2 is 2.18 bits per heavy atom. The molecule has 1 rings (SSSR count). The van der Waals surface area contributed by atoms with E-state index in [0.717, 1.165) is 18.4 Å². The van der Waals surface area contributed by atoms with Crippen molar-refractivity contribution >= 4 is 11.7 Å². The number of hydrogen-bond acceptors (Lipinski definition) is 3. The Labute approximate surface area is 103 Å². The number of benzene rings is 1. The quantitative estimate of drug-likeness (QED) is 0.468. The minimum Gasteiger partial charge on any atom is -0.465 e. The predicted octanol–water partition coefficient (Wildman–Crippen LogP) is 2.79. The second-order valence-corrected chi connectivity index (χ2v) is 4.68. The van der Waals surface area contributed by atoms with Crippen molar-refractivity contribution < 1.29 is 9.53 Å². The van der Waals surface area contributed by atoms with E-state index >= 15 is 0 Å². The normalized spacial score (nSPS) is 10.5. The maximum absolute atomic E-state index is 11.5. The summed E-state index contributed by atoms with van der Waals surface area (Å²) in [5.74, 6) is 0.474. The molecule has 0 fully saturated rings. The highest BCUT2D eigenvalue weighted by molar-refractivity contribution is 5.72. The highest BCUT2D eigenvalue weighted by Gasteiger charge is 2.05. The third-order valence-electron chi connectivity index (χ3n) is 2.49. The Morgan fingerprint density at radius 3 is 2.82 bits per heavy atom. The molecule has 0 saturated carbocycles. The molecule has 0 saturated heterocycles. The lowest BCUT2D eigenvalue weighted by atomic mass is 10.1. The number of carbonyl (C=O) groups is 1. The first-order valence-corrected chi connectivity index (χ1v) is 6.08. The summed E-state index contributed by atoms with van der Waals surface area (Å²) in [7, 11) is 0. The zero-order valence-corrected chi connectivity index (χ0v) is 10.6. The summed E-state index contributed by atoms with van der Waals surface area (Å²) in [6.45, 7) is 4.84. The third-order valence-corrected chi connectivity index (χ3v) is 2.49. The molecule has 0 amide bonds. The van der Waals surface area contributed by atoms with Crippen molar-refractivity contribution in [3.63, 3.8) is 0 Å². The van der Waals surface area contributed by atoms with Crippen LogP contribution in [0.2, 0.25) is 0 Å². The van der Waals surface area contributed by atoms with Crippen molar-refractivity contribution in [3.8, 4) is 0 Å². The van der Waals surface area contributed by atoms with Crippen molar-refractivity contribution in [1.29, 1.82) is 0 Å². The minimum atomic E-state index is -0.181. The Hall–Kier alpha value is -1.51. The van der Waals surface area contributed by atoms with Crippen molar-refractivity contribution in [3.05, 3.63) is 29.8 Å². The molecule has 2 N–H and O–H groups in total. The summed E-state index contributed by atoms with van der Waals surface area (Å²) in [6, 6.07) is 7.33. The van der Waals surface area contributed by atoms with E-state index in [-0.39, 0.29) is 5.97 Å². The molecule has 0 aromatic heterocycles. The topological polar surface area (TPSA) is 52.3 Å². The average molecular weight is 235 g/mol. The molecule has 1 aromatic carbocycles. The average Bonchev–Trinajstić information content (AvgIpc) is 2.24. The van der Waals surface area contributed by atoms with Gasteiger partial charge < -0.3 is 10.5 Å². The molecule has 94 valence electrons. The van der Waals surface area contributed by atoms with Crippen LogP contribution >= 0.6 is 0 Å². The summed E-state index contributed by atoms with van der Waals surface area (Å²) >= 11 is 0. The van der Waals surface area contributed by atoms with E-state index in [1.54, 1.807) is 12.1 Å². The van der Waals surface area contributed by atoms with Gasteiger partial charge in [-0.05, 0) is 36.5 Å². The lowest BCUT2D eigenvalue weighted by Crippen LogP contribution is -2.09. The molecule has 0 unspecified atom stereocenters. The molecule has 0 heterocycles. The molecule has 0 aliphatic rings. The summed E-state index contributed by atoms with van der Waals surface area (Å²) in [6.07, 6.45) is 2.32. The molecule has 17 heavy (non-hydrogen) atoms. The number of nitrogen functional groups attached to an aromatic ring is 1. The molecular formula is C14H21NO2. The summed E-state index contributed by atoms with van der Waals surface area (Å²) in [5.41, 5.74) is 7.21. The van der Waals surface area contributed by atoms with Crippen LogP contribution in [0.4, 0.5) is 5.69 Å². The zero-order chi connectivity index (χ0) is 12.7. The molecule has 3 heteroatoms. The predicted molar refractivity (Wildman–Crippen MR) is 69.6 cm³/mol. The first-order chi connectivity index (χ1) is 8.08. The summed E-state index contributed by atoms with van der Waals surface area (Å²) in [4.78, 5) is 11.5. The summed E-state index contributed by atoms with van der Waals surface area (Å²) < 4.78 is 5.16. The van der Waals surface area contributed by atoms with E-state index in [2.05, 4.69) is 13.8 Å². The molecule has 0 radical (unpaired) electrons. The van der Waals surface area contributed by atoms with Gasteiger partial charge >= 0.3 is 5.97 Å². The van der Waals surface area contributed by atoms with Gasteiger partial charge in [0.25, 0.3) is 0 Å². The van der Waals surface area contributed by atoms with Gasteiger partial charge in [0.15, 0.2) is 0 Å². The Kier molecular flexibility index (Phi) is 5.53. The van der Waals surface area contributed by atoms with Crippen molar-refractivity contribution in [2.45, 2.75) is 33.1 Å². The molecule has 0 aliphatic heterocycles. The number of esters is 1. The van der Waals surface area contributed by atoms with Crippen LogP contribution in [0.15, 0.2) is 24.3 Å². The maximum atomic E-state index is 11.5. The van der Waals surface area contributed by atoms with Crippen LogP contribution in [-0.4, -0.2) is 12.6 Å². The van der Waals surface area contributed by atoms with E-state index in [0.29, 0.717) is 24.6 Å². The fourth-order valence-corrected chi connectivity index (χ4v) is 1.60. The minimum absolute atomic E-state index is 0.181. The molecule has 0 atom stereocenters. The smallest absolute Gasteiger partial charge is 0.310 e. The monoisotopic (exact) mass is 235 g/mol. The largest absolute Gasteiger partial charge is 0.465 e. The van der Waals surface area contributed by atoms with E-state index in [9.17, 15) is 4.79 Å². The third kappa shape index (κ3) is 5.95. The van der Waals surface area contributed by atoms with Crippen LogP contribution in [-0.2, 0) is 16.0 Å². The first kappa shape index (κ1) is 13.6. The molecule has 0 spiro atoms. The molecule has 0 aliphatic carbocycles. The standard InChI is InChI=1S/C14H21NO2/c1-11(2)5-4-8-17-14(16)10-12-6-3-7-13(15)9-12/h3,6-7,9,11H,4-5,8,10,15H2,1-2H3. The van der Waals surface area contributed by atoms with E-state index in [1.165, 1.54) is 0 Å². The van der Waals surface area contributed by atoms with Gasteiger partial charge in [-0.2, -0.15) is 0 Å². The van der Waals surface area contributed by atoms with Crippen molar-refractivity contribution in [2.75, 3.05) is 12.3 Å².